The normalized spacial score (nSPS) is 14.4. The quantitative estimate of drug-likeness (QED) is 0.840. The van der Waals surface area contributed by atoms with E-state index in [1.807, 2.05) is 6.92 Å². The van der Waals surface area contributed by atoms with Gasteiger partial charge in [0, 0.05) is 24.2 Å². The van der Waals surface area contributed by atoms with Crippen molar-refractivity contribution in [2.24, 2.45) is 0 Å². The number of anilines is 1. The maximum atomic E-state index is 12.2. The second kappa shape index (κ2) is 6.79. The Labute approximate surface area is 134 Å². The van der Waals surface area contributed by atoms with Crippen molar-refractivity contribution in [1.29, 1.82) is 0 Å². The van der Waals surface area contributed by atoms with Crippen LogP contribution < -0.4 is 4.90 Å². The second-order valence-electron chi connectivity index (χ2n) is 5.06. The largest absolute Gasteiger partial charge is 0.334 e. The molecule has 0 unspecified atom stereocenters. The van der Waals surface area contributed by atoms with Gasteiger partial charge >= 0.3 is 0 Å². The molecule has 0 N–H and O–H groups in total. The predicted molar refractivity (Wildman–Crippen MR) is 83.4 cm³/mol. The summed E-state index contributed by atoms with van der Waals surface area (Å²) in [6.45, 7) is 3.90. The van der Waals surface area contributed by atoms with Crippen LogP contribution >= 0.6 is 11.6 Å². The van der Waals surface area contributed by atoms with Crippen LogP contribution in [-0.2, 0) is 14.4 Å². The van der Waals surface area contributed by atoms with E-state index in [2.05, 4.69) is 0 Å². The zero-order valence-electron chi connectivity index (χ0n) is 12.6. The van der Waals surface area contributed by atoms with Crippen LogP contribution in [0.3, 0.4) is 0 Å². The summed E-state index contributed by atoms with van der Waals surface area (Å²) in [5, 5.41) is 0.586. The number of amides is 3. The average molecular weight is 324 g/mol. The summed E-state index contributed by atoms with van der Waals surface area (Å²) in [7, 11) is 0. The standard InChI is InChI=1S/C15H18ClN3O3/c1-3-17(11(2)20)8-14(21)18-9-15(22)19(10-18)13-6-4-12(16)5-7-13/h4-7H,3,8-10H2,1-2H3. The van der Waals surface area contributed by atoms with Gasteiger partial charge in [-0.2, -0.15) is 0 Å². The van der Waals surface area contributed by atoms with Gasteiger partial charge in [-0.3, -0.25) is 19.3 Å². The minimum Gasteiger partial charge on any atom is -0.334 e. The molecule has 1 saturated heterocycles. The highest BCUT2D eigenvalue weighted by Gasteiger charge is 2.32. The average Bonchev–Trinajstić information content (AvgIpc) is 2.87. The highest BCUT2D eigenvalue weighted by Crippen LogP contribution is 2.21. The Morgan fingerprint density at radius 3 is 2.45 bits per heavy atom. The Bertz CT molecular complexity index is 588. The molecule has 1 heterocycles. The molecule has 0 saturated carbocycles. The van der Waals surface area contributed by atoms with E-state index in [1.54, 1.807) is 24.3 Å². The fourth-order valence-corrected chi connectivity index (χ4v) is 2.40. The Kier molecular flexibility index (Phi) is 5.03. The van der Waals surface area contributed by atoms with Crippen molar-refractivity contribution in [3.63, 3.8) is 0 Å². The smallest absolute Gasteiger partial charge is 0.248 e. The van der Waals surface area contributed by atoms with Gasteiger partial charge < -0.3 is 9.80 Å². The summed E-state index contributed by atoms with van der Waals surface area (Å²) >= 11 is 5.83. The monoisotopic (exact) mass is 323 g/mol. The summed E-state index contributed by atoms with van der Waals surface area (Å²) in [5.41, 5.74) is 0.698. The molecule has 0 bridgehead atoms. The van der Waals surface area contributed by atoms with Crippen LogP contribution in [0, 0.1) is 0 Å². The lowest BCUT2D eigenvalue weighted by molar-refractivity contribution is -0.139. The second-order valence-corrected chi connectivity index (χ2v) is 5.50. The Balaban J connectivity index is 2.04. The zero-order valence-corrected chi connectivity index (χ0v) is 13.3. The van der Waals surface area contributed by atoms with E-state index >= 15 is 0 Å². The predicted octanol–water partition coefficient (Wildman–Crippen LogP) is 1.34. The maximum absolute atomic E-state index is 12.2. The van der Waals surface area contributed by atoms with E-state index in [9.17, 15) is 14.4 Å². The molecule has 1 aliphatic rings. The van der Waals surface area contributed by atoms with Gasteiger partial charge in [0.1, 0.15) is 13.2 Å². The number of hydrogen-bond donors (Lipinski definition) is 0. The third-order valence-corrected chi connectivity index (χ3v) is 3.84. The van der Waals surface area contributed by atoms with E-state index in [0.29, 0.717) is 17.3 Å². The van der Waals surface area contributed by atoms with Gasteiger partial charge in [0.25, 0.3) is 0 Å². The molecule has 0 radical (unpaired) electrons. The van der Waals surface area contributed by atoms with Crippen LogP contribution in [0.25, 0.3) is 0 Å². The molecule has 1 aromatic rings. The highest BCUT2D eigenvalue weighted by atomic mass is 35.5. The fraction of sp³-hybridized carbons (Fsp3) is 0.400. The first kappa shape index (κ1) is 16.3. The number of likely N-dealkylation sites (N-methyl/N-ethyl adjacent to an activating group) is 1. The van der Waals surface area contributed by atoms with Crippen LogP contribution in [-0.4, -0.2) is 53.8 Å². The molecule has 1 aliphatic heterocycles. The molecule has 6 nitrogen and oxygen atoms in total. The third kappa shape index (κ3) is 3.57. The van der Waals surface area contributed by atoms with Crippen LogP contribution in [0.2, 0.25) is 5.02 Å². The van der Waals surface area contributed by atoms with Crippen molar-refractivity contribution < 1.29 is 14.4 Å². The van der Waals surface area contributed by atoms with Crippen molar-refractivity contribution in [3.8, 4) is 0 Å². The van der Waals surface area contributed by atoms with Gasteiger partial charge in [0.15, 0.2) is 0 Å². The summed E-state index contributed by atoms with van der Waals surface area (Å²) in [6.07, 6.45) is 0. The molecule has 1 fully saturated rings. The minimum atomic E-state index is -0.234. The van der Waals surface area contributed by atoms with Gasteiger partial charge in [0.05, 0.1) is 6.54 Å². The van der Waals surface area contributed by atoms with Crippen molar-refractivity contribution in [2.45, 2.75) is 13.8 Å². The molecule has 118 valence electrons. The fourth-order valence-electron chi connectivity index (χ4n) is 2.27. The number of benzene rings is 1. The Morgan fingerprint density at radius 1 is 1.27 bits per heavy atom. The maximum Gasteiger partial charge on any atom is 0.248 e. The van der Waals surface area contributed by atoms with Crippen molar-refractivity contribution in [3.05, 3.63) is 29.3 Å². The lowest BCUT2D eigenvalue weighted by atomic mass is 10.3. The van der Waals surface area contributed by atoms with Gasteiger partial charge in [-0.1, -0.05) is 11.6 Å². The molecular weight excluding hydrogens is 306 g/mol. The van der Waals surface area contributed by atoms with E-state index < -0.39 is 0 Å². The van der Waals surface area contributed by atoms with E-state index in [0.717, 1.165) is 0 Å². The molecule has 0 aliphatic carbocycles. The summed E-state index contributed by atoms with van der Waals surface area (Å²) in [6, 6.07) is 6.87. The van der Waals surface area contributed by atoms with Gasteiger partial charge in [0.2, 0.25) is 17.7 Å². The van der Waals surface area contributed by atoms with Crippen LogP contribution in [0.15, 0.2) is 24.3 Å². The van der Waals surface area contributed by atoms with Crippen LogP contribution in [0.1, 0.15) is 13.8 Å². The minimum absolute atomic E-state index is 0.00638. The number of halogens is 1. The summed E-state index contributed by atoms with van der Waals surface area (Å²) in [5.74, 6) is -0.542. The SMILES string of the molecule is CCN(CC(=O)N1CC(=O)N(c2ccc(Cl)cc2)C1)C(C)=O. The molecular formula is C15H18ClN3O3. The number of carbonyl (C=O) groups is 3. The first-order chi connectivity index (χ1) is 10.4. The first-order valence-electron chi connectivity index (χ1n) is 7.01. The summed E-state index contributed by atoms with van der Waals surface area (Å²) < 4.78 is 0. The highest BCUT2D eigenvalue weighted by molar-refractivity contribution is 6.30. The number of hydrogen-bond acceptors (Lipinski definition) is 3. The van der Waals surface area contributed by atoms with Crippen molar-refractivity contribution >= 4 is 35.0 Å². The van der Waals surface area contributed by atoms with E-state index in [4.69, 9.17) is 11.6 Å². The van der Waals surface area contributed by atoms with Crippen LogP contribution in [0.5, 0.6) is 0 Å². The first-order valence-corrected chi connectivity index (χ1v) is 7.39. The van der Waals surface area contributed by atoms with E-state index in [-0.39, 0.29) is 37.5 Å². The lowest BCUT2D eigenvalue weighted by Gasteiger charge is -2.22. The Morgan fingerprint density at radius 2 is 1.91 bits per heavy atom. The van der Waals surface area contributed by atoms with Gasteiger partial charge in [-0.15, -0.1) is 0 Å². The van der Waals surface area contributed by atoms with E-state index in [1.165, 1.54) is 21.6 Å². The summed E-state index contributed by atoms with van der Waals surface area (Å²) in [4.78, 5) is 40.1. The van der Waals surface area contributed by atoms with Gasteiger partial charge in [-0.25, -0.2) is 0 Å². The third-order valence-electron chi connectivity index (χ3n) is 3.58. The van der Waals surface area contributed by atoms with Crippen molar-refractivity contribution in [2.75, 3.05) is 31.2 Å². The topological polar surface area (TPSA) is 60.9 Å². The molecule has 3 amide bonds. The van der Waals surface area contributed by atoms with Crippen molar-refractivity contribution in [1.82, 2.24) is 9.80 Å². The molecule has 2 rings (SSSR count). The zero-order chi connectivity index (χ0) is 16.3. The molecule has 0 aromatic heterocycles. The molecule has 22 heavy (non-hydrogen) atoms. The lowest BCUT2D eigenvalue weighted by Crippen LogP contribution is -2.41. The van der Waals surface area contributed by atoms with Crippen LogP contribution in [0.4, 0.5) is 5.69 Å². The molecule has 0 spiro atoms. The molecule has 1 aromatic carbocycles. The number of carbonyl (C=O) groups excluding carboxylic acids is 3. The Hall–Kier alpha value is -2.08. The number of rotatable bonds is 4. The molecule has 7 heteroatoms. The number of nitrogens with zero attached hydrogens (tertiary/aromatic N) is 3. The molecule has 0 atom stereocenters. The van der Waals surface area contributed by atoms with Gasteiger partial charge in [-0.05, 0) is 31.2 Å².